The van der Waals surface area contributed by atoms with E-state index in [9.17, 15) is 9.90 Å². The molecule has 80 valence electrons. The number of methoxy groups -OCH3 is 1. The first-order valence-electron chi connectivity index (χ1n) is 4.91. The van der Waals surface area contributed by atoms with Crippen LogP contribution in [0.5, 0.6) is 5.75 Å². The van der Waals surface area contributed by atoms with Crippen LogP contribution in [0.1, 0.15) is 22.3 Å². The molecule has 1 aromatic rings. The molecule has 0 aromatic heterocycles. The standard InChI is InChI=1S/C11H13NO3/c1-15-11(14)8-5-4-7-3-2-6-12-9(7)10(8)13/h4-5,12-13H,2-3,6H2,1H3. The van der Waals surface area contributed by atoms with Gasteiger partial charge in [-0.3, -0.25) is 0 Å². The summed E-state index contributed by atoms with van der Waals surface area (Å²) in [6.07, 6.45) is 1.97. The lowest BCUT2D eigenvalue weighted by Gasteiger charge is -2.20. The van der Waals surface area contributed by atoms with Crippen LogP contribution in [-0.2, 0) is 11.2 Å². The van der Waals surface area contributed by atoms with Gasteiger partial charge in [0.1, 0.15) is 5.56 Å². The number of ether oxygens (including phenoxy) is 1. The Labute approximate surface area is 87.9 Å². The predicted molar refractivity (Wildman–Crippen MR) is 56.3 cm³/mol. The second-order valence-corrected chi connectivity index (χ2v) is 3.52. The van der Waals surface area contributed by atoms with Crippen LogP contribution in [0.15, 0.2) is 12.1 Å². The van der Waals surface area contributed by atoms with Gasteiger partial charge >= 0.3 is 5.97 Å². The number of rotatable bonds is 1. The molecule has 0 spiro atoms. The Hall–Kier alpha value is -1.71. The van der Waals surface area contributed by atoms with Gasteiger partial charge in [-0.15, -0.1) is 0 Å². The Kier molecular flexibility index (Phi) is 2.49. The molecule has 0 unspecified atom stereocenters. The molecule has 1 aliphatic rings. The molecule has 4 nitrogen and oxygen atoms in total. The maximum Gasteiger partial charge on any atom is 0.341 e. The predicted octanol–water partition coefficient (Wildman–Crippen LogP) is 1.54. The molecular formula is C11H13NO3. The summed E-state index contributed by atoms with van der Waals surface area (Å²) in [6.45, 7) is 0.825. The SMILES string of the molecule is COC(=O)c1ccc2c(c1O)NCCC2. The van der Waals surface area contributed by atoms with Crippen LogP contribution in [0.25, 0.3) is 0 Å². The number of benzene rings is 1. The van der Waals surface area contributed by atoms with Crippen molar-refractivity contribution in [3.63, 3.8) is 0 Å². The van der Waals surface area contributed by atoms with Crippen molar-refractivity contribution < 1.29 is 14.6 Å². The highest BCUT2D eigenvalue weighted by atomic mass is 16.5. The number of esters is 1. The van der Waals surface area contributed by atoms with Crippen LogP contribution in [0.4, 0.5) is 5.69 Å². The molecule has 2 N–H and O–H groups in total. The molecule has 0 saturated carbocycles. The van der Waals surface area contributed by atoms with Crippen LogP contribution in [-0.4, -0.2) is 24.7 Å². The summed E-state index contributed by atoms with van der Waals surface area (Å²) in [4.78, 5) is 11.3. The van der Waals surface area contributed by atoms with E-state index in [2.05, 4.69) is 10.1 Å². The monoisotopic (exact) mass is 207 g/mol. The van der Waals surface area contributed by atoms with Gasteiger partial charge in [0.2, 0.25) is 0 Å². The topological polar surface area (TPSA) is 58.6 Å². The molecule has 1 aromatic carbocycles. The van der Waals surface area contributed by atoms with E-state index in [1.54, 1.807) is 6.07 Å². The lowest BCUT2D eigenvalue weighted by atomic mass is 10.00. The van der Waals surface area contributed by atoms with Gasteiger partial charge in [0.25, 0.3) is 0 Å². The lowest BCUT2D eigenvalue weighted by molar-refractivity contribution is 0.0597. The fourth-order valence-electron chi connectivity index (χ4n) is 1.81. The van der Waals surface area contributed by atoms with Crippen molar-refractivity contribution in [1.29, 1.82) is 0 Å². The van der Waals surface area contributed by atoms with E-state index in [1.807, 2.05) is 6.07 Å². The van der Waals surface area contributed by atoms with Crippen molar-refractivity contribution in [2.24, 2.45) is 0 Å². The summed E-state index contributed by atoms with van der Waals surface area (Å²) in [5, 5.41) is 13.0. The zero-order valence-corrected chi connectivity index (χ0v) is 8.54. The van der Waals surface area contributed by atoms with E-state index in [0.717, 1.165) is 24.9 Å². The molecule has 0 radical (unpaired) electrons. The highest BCUT2D eigenvalue weighted by Crippen LogP contribution is 2.34. The third kappa shape index (κ3) is 1.63. The van der Waals surface area contributed by atoms with Crippen molar-refractivity contribution in [2.75, 3.05) is 19.0 Å². The molecular weight excluding hydrogens is 194 g/mol. The van der Waals surface area contributed by atoms with Gasteiger partial charge < -0.3 is 15.2 Å². The fraction of sp³-hybridized carbons (Fsp3) is 0.364. The fourth-order valence-corrected chi connectivity index (χ4v) is 1.81. The van der Waals surface area contributed by atoms with Crippen LogP contribution in [0.3, 0.4) is 0 Å². The van der Waals surface area contributed by atoms with Crippen molar-refractivity contribution in [2.45, 2.75) is 12.8 Å². The molecule has 0 saturated heterocycles. The number of phenolic OH excluding ortho intramolecular Hbond substituents is 1. The summed E-state index contributed by atoms with van der Waals surface area (Å²) in [5.74, 6) is -0.512. The maximum atomic E-state index is 11.3. The average Bonchev–Trinajstić information content (AvgIpc) is 2.29. The molecule has 0 fully saturated rings. The Bertz CT molecular complexity index is 401. The van der Waals surface area contributed by atoms with Gasteiger partial charge in [-0.2, -0.15) is 0 Å². The number of aromatic hydroxyl groups is 1. The highest BCUT2D eigenvalue weighted by molar-refractivity contribution is 5.95. The van der Waals surface area contributed by atoms with Crippen LogP contribution in [0, 0.1) is 0 Å². The average molecular weight is 207 g/mol. The molecule has 4 heteroatoms. The van der Waals surface area contributed by atoms with E-state index < -0.39 is 5.97 Å². The lowest BCUT2D eigenvalue weighted by Crippen LogP contribution is -2.13. The van der Waals surface area contributed by atoms with E-state index >= 15 is 0 Å². The zero-order valence-electron chi connectivity index (χ0n) is 8.54. The summed E-state index contributed by atoms with van der Waals surface area (Å²) < 4.78 is 4.58. The molecule has 0 amide bonds. The number of nitrogens with one attached hydrogen (secondary N) is 1. The number of carbonyl (C=O) groups is 1. The number of aryl methyl sites for hydroxylation is 1. The number of phenols is 1. The first-order chi connectivity index (χ1) is 7.24. The maximum absolute atomic E-state index is 11.3. The highest BCUT2D eigenvalue weighted by Gasteiger charge is 2.19. The van der Waals surface area contributed by atoms with Gasteiger partial charge in [0.05, 0.1) is 12.8 Å². The van der Waals surface area contributed by atoms with Crippen LogP contribution in [0.2, 0.25) is 0 Å². The van der Waals surface area contributed by atoms with E-state index in [0.29, 0.717) is 5.69 Å². The Balaban J connectivity index is 2.47. The summed E-state index contributed by atoms with van der Waals surface area (Å²) in [6, 6.07) is 3.46. The Morgan fingerprint density at radius 3 is 3.07 bits per heavy atom. The molecule has 2 rings (SSSR count). The Morgan fingerprint density at radius 2 is 2.33 bits per heavy atom. The second kappa shape index (κ2) is 3.81. The van der Waals surface area contributed by atoms with Gasteiger partial charge in [-0.05, 0) is 24.5 Å². The number of hydrogen-bond acceptors (Lipinski definition) is 4. The third-order valence-corrected chi connectivity index (χ3v) is 2.59. The van der Waals surface area contributed by atoms with Crippen molar-refractivity contribution in [3.05, 3.63) is 23.3 Å². The van der Waals surface area contributed by atoms with Gasteiger partial charge in [0, 0.05) is 6.54 Å². The molecule has 1 aliphatic heterocycles. The first kappa shape index (κ1) is 9.83. The van der Waals surface area contributed by atoms with Gasteiger partial charge in [-0.1, -0.05) is 6.07 Å². The van der Waals surface area contributed by atoms with Crippen LogP contribution >= 0.6 is 0 Å². The summed E-state index contributed by atoms with van der Waals surface area (Å²) in [7, 11) is 1.30. The summed E-state index contributed by atoms with van der Waals surface area (Å²) >= 11 is 0. The number of anilines is 1. The van der Waals surface area contributed by atoms with Crippen molar-refractivity contribution in [3.8, 4) is 5.75 Å². The van der Waals surface area contributed by atoms with Crippen molar-refractivity contribution in [1.82, 2.24) is 0 Å². The largest absolute Gasteiger partial charge is 0.505 e. The minimum Gasteiger partial charge on any atom is -0.505 e. The quantitative estimate of drug-likeness (QED) is 0.541. The zero-order chi connectivity index (χ0) is 10.8. The minimum atomic E-state index is -0.511. The Morgan fingerprint density at radius 1 is 1.53 bits per heavy atom. The van der Waals surface area contributed by atoms with Crippen molar-refractivity contribution >= 4 is 11.7 Å². The summed E-state index contributed by atoms with van der Waals surface area (Å²) in [5.41, 5.74) is 1.93. The van der Waals surface area contributed by atoms with E-state index in [1.165, 1.54) is 7.11 Å². The van der Waals surface area contributed by atoms with E-state index in [-0.39, 0.29) is 11.3 Å². The minimum absolute atomic E-state index is 0.000880. The molecule has 0 aliphatic carbocycles. The number of hydrogen-bond donors (Lipinski definition) is 2. The smallest absolute Gasteiger partial charge is 0.341 e. The number of carbonyl (C=O) groups excluding carboxylic acids is 1. The van der Waals surface area contributed by atoms with E-state index in [4.69, 9.17) is 0 Å². The normalized spacial score (nSPS) is 13.9. The molecule has 0 atom stereocenters. The first-order valence-corrected chi connectivity index (χ1v) is 4.91. The van der Waals surface area contributed by atoms with Gasteiger partial charge in [-0.25, -0.2) is 4.79 Å². The third-order valence-electron chi connectivity index (χ3n) is 2.59. The second-order valence-electron chi connectivity index (χ2n) is 3.52. The van der Waals surface area contributed by atoms with Gasteiger partial charge in [0.15, 0.2) is 5.75 Å². The molecule has 15 heavy (non-hydrogen) atoms. The van der Waals surface area contributed by atoms with Crippen LogP contribution < -0.4 is 5.32 Å². The molecule has 0 bridgehead atoms. The molecule has 1 heterocycles. The number of fused-ring (bicyclic) bond motifs is 1.